The second-order valence-electron chi connectivity index (χ2n) is 4.37. The molecule has 0 fully saturated rings. The van der Waals surface area contributed by atoms with E-state index in [1.54, 1.807) is 11.3 Å². The van der Waals surface area contributed by atoms with Crippen LogP contribution in [0.3, 0.4) is 0 Å². The maximum Gasteiger partial charge on any atom is 0.0922 e. The molecule has 0 saturated carbocycles. The molecule has 2 aromatic rings. The summed E-state index contributed by atoms with van der Waals surface area (Å²) >= 11 is 1.62. The third-order valence-electron chi connectivity index (χ3n) is 2.93. The fraction of sp³-hybridized carbons (Fsp3) is 0.333. The lowest BCUT2D eigenvalue weighted by molar-refractivity contribution is 0.175. The van der Waals surface area contributed by atoms with Gasteiger partial charge >= 0.3 is 0 Å². The molecule has 0 amide bonds. The van der Waals surface area contributed by atoms with E-state index < -0.39 is 0 Å². The molecule has 96 valence electrons. The maximum absolute atomic E-state index is 9.87. The lowest BCUT2D eigenvalue weighted by Crippen LogP contribution is -2.22. The van der Waals surface area contributed by atoms with Crippen LogP contribution >= 0.6 is 11.3 Å². The van der Waals surface area contributed by atoms with Crippen LogP contribution < -0.4 is 5.32 Å². The van der Waals surface area contributed by atoms with Crippen molar-refractivity contribution >= 4 is 11.3 Å². The van der Waals surface area contributed by atoms with Crippen LogP contribution in [0.15, 0.2) is 47.2 Å². The topological polar surface area (TPSA) is 32.3 Å². The minimum absolute atomic E-state index is 0.382. The predicted molar refractivity (Wildman–Crippen MR) is 76.9 cm³/mol. The monoisotopic (exact) mass is 261 g/mol. The molecule has 0 aliphatic rings. The van der Waals surface area contributed by atoms with Crippen LogP contribution in [-0.2, 0) is 6.42 Å². The number of thiophene rings is 1. The molecule has 0 aliphatic carbocycles. The molecular weight excluding hydrogens is 242 g/mol. The Morgan fingerprint density at radius 2 is 2.00 bits per heavy atom. The molecule has 2 rings (SSSR count). The summed E-state index contributed by atoms with van der Waals surface area (Å²) in [5.74, 6) is 0. The van der Waals surface area contributed by atoms with Crippen molar-refractivity contribution in [2.75, 3.05) is 13.1 Å². The van der Waals surface area contributed by atoms with Gasteiger partial charge in [-0.25, -0.2) is 0 Å². The Balaban J connectivity index is 1.59. The van der Waals surface area contributed by atoms with Gasteiger partial charge < -0.3 is 10.4 Å². The Morgan fingerprint density at radius 3 is 2.72 bits per heavy atom. The van der Waals surface area contributed by atoms with Gasteiger partial charge in [0, 0.05) is 6.54 Å². The van der Waals surface area contributed by atoms with Gasteiger partial charge in [0.05, 0.1) is 6.10 Å². The molecule has 0 aliphatic heterocycles. The molecule has 1 aromatic heterocycles. The molecule has 3 heteroatoms. The van der Waals surface area contributed by atoms with Gasteiger partial charge in [-0.15, -0.1) is 0 Å². The summed E-state index contributed by atoms with van der Waals surface area (Å²) in [6.07, 6.45) is 1.80. The highest BCUT2D eigenvalue weighted by molar-refractivity contribution is 7.07. The number of hydrogen-bond donors (Lipinski definition) is 2. The molecule has 1 aromatic carbocycles. The van der Waals surface area contributed by atoms with Gasteiger partial charge in [-0.05, 0) is 47.3 Å². The van der Waals surface area contributed by atoms with Crippen LogP contribution in [0.4, 0.5) is 0 Å². The largest absolute Gasteiger partial charge is 0.387 e. The van der Waals surface area contributed by atoms with Crippen LogP contribution in [0.2, 0.25) is 0 Å². The Kier molecular flexibility index (Phi) is 5.39. The zero-order chi connectivity index (χ0) is 12.6. The van der Waals surface area contributed by atoms with E-state index >= 15 is 0 Å². The van der Waals surface area contributed by atoms with Gasteiger partial charge in [0.25, 0.3) is 0 Å². The summed E-state index contributed by atoms with van der Waals surface area (Å²) in [7, 11) is 0. The summed E-state index contributed by atoms with van der Waals surface area (Å²) in [6, 6.07) is 12.5. The molecular formula is C15H19NOS. The molecule has 0 spiro atoms. The summed E-state index contributed by atoms with van der Waals surface area (Å²) in [4.78, 5) is 0. The summed E-state index contributed by atoms with van der Waals surface area (Å²) < 4.78 is 0. The average molecular weight is 261 g/mol. The summed E-state index contributed by atoms with van der Waals surface area (Å²) in [5.41, 5.74) is 2.38. The number of hydrogen-bond acceptors (Lipinski definition) is 3. The molecule has 0 radical (unpaired) electrons. The second kappa shape index (κ2) is 7.31. The first-order valence-corrected chi connectivity index (χ1v) is 7.25. The molecule has 2 nitrogen and oxygen atoms in total. The zero-order valence-electron chi connectivity index (χ0n) is 10.4. The third-order valence-corrected chi connectivity index (χ3v) is 3.63. The van der Waals surface area contributed by atoms with Crippen LogP contribution in [0.25, 0.3) is 0 Å². The lowest BCUT2D eigenvalue weighted by Gasteiger charge is -2.10. The number of aryl methyl sites for hydroxylation is 1. The molecule has 1 unspecified atom stereocenters. The van der Waals surface area contributed by atoms with Crippen molar-refractivity contribution in [2.45, 2.75) is 18.9 Å². The third kappa shape index (κ3) is 4.26. The Bertz CT molecular complexity index is 427. The first-order chi connectivity index (χ1) is 8.86. The van der Waals surface area contributed by atoms with Crippen LogP contribution in [-0.4, -0.2) is 18.2 Å². The van der Waals surface area contributed by atoms with E-state index in [1.807, 2.05) is 22.9 Å². The zero-order valence-corrected chi connectivity index (χ0v) is 11.2. The predicted octanol–water partition coefficient (Wildman–Crippen LogP) is 3.00. The number of nitrogens with one attached hydrogen (secondary N) is 1. The van der Waals surface area contributed by atoms with Gasteiger partial charge in [0.15, 0.2) is 0 Å². The maximum atomic E-state index is 9.87. The van der Waals surface area contributed by atoms with Gasteiger partial charge in [0.2, 0.25) is 0 Å². The van der Waals surface area contributed by atoms with Crippen molar-refractivity contribution < 1.29 is 5.11 Å². The molecule has 1 atom stereocenters. The van der Waals surface area contributed by atoms with Crippen LogP contribution in [0.1, 0.15) is 23.7 Å². The summed E-state index contributed by atoms with van der Waals surface area (Å²) in [5, 5.41) is 17.2. The van der Waals surface area contributed by atoms with E-state index in [4.69, 9.17) is 0 Å². The average Bonchev–Trinajstić information content (AvgIpc) is 2.93. The van der Waals surface area contributed by atoms with Crippen LogP contribution in [0, 0.1) is 0 Å². The fourth-order valence-corrected chi connectivity index (χ4v) is 2.59. The number of aliphatic hydroxyl groups excluding tert-OH is 1. The van der Waals surface area contributed by atoms with E-state index in [-0.39, 0.29) is 6.10 Å². The van der Waals surface area contributed by atoms with Gasteiger partial charge in [-0.1, -0.05) is 30.3 Å². The highest BCUT2D eigenvalue weighted by Gasteiger charge is 2.06. The normalized spacial score (nSPS) is 12.5. The first kappa shape index (κ1) is 13.3. The number of aliphatic hydroxyl groups is 1. The van der Waals surface area contributed by atoms with E-state index in [0.717, 1.165) is 24.9 Å². The first-order valence-electron chi connectivity index (χ1n) is 6.31. The minimum atomic E-state index is -0.382. The van der Waals surface area contributed by atoms with E-state index in [0.29, 0.717) is 6.54 Å². The van der Waals surface area contributed by atoms with Gasteiger partial charge in [-0.3, -0.25) is 0 Å². The van der Waals surface area contributed by atoms with E-state index in [9.17, 15) is 5.11 Å². The Morgan fingerprint density at radius 1 is 1.17 bits per heavy atom. The number of rotatable bonds is 7. The highest BCUT2D eigenvalue weighted by atomic mass is 32.1. The van der Waals surface area contributed by atoms with Gasteiger partial charge in [-0.2, -0.15) is 11.3 Å². The van der Waals surface area contributed by atoms with Crippen molar-refractivity contribution in [3.63, 3.8) is 0 Å². The SMILES string of the molecule is OC(CNCCCc1ccccc1)c1ccsc1. The molecule has 0 bridgehead atoms. The minimum Gasteiger partial charge on any atom is -0.387 e. The Hall–Kier alpha value is -1.16. The molecule has 18 heavy (non-hydrogen) atoms. The standard InChI is InChI=1S/C15H19NOS/c17-15(14-8-10-18-12-14)11-16-9-4-7-13-5-2-1-3-6-13/h1-3,5-6,8,10,12,15-17H,4,7,9,11H2. The fourth-order valence-electron chi connectivity index (χ4n) is 1.88. The van der Waals surface area contributed by atoms with Gasteiger partial charge in [0.1, 0.15) is 0 Å². The lowest BCUT2D eigenvalue weighted by atomic mass is 10.1. The van der Waals surface area contributed by atoms with Crippen molar-refractivity contribution in [1.29, 1.82) is 0 Å². The molecule has 0 saturated heterocycles. The van der Waals surface area contributed by atoms with E-state index in [2.05, 4.69) is 29.6 Å². The Labute approximate surface area is 112 Å². The smallest absolute Gasteiger partial charge is 0.0922 e. The van der Waals surface area contributed by atoms with Crippen molar-refractivity contribution in [2.24, 2.45) is 0 Å². The second-order valence-corrected chi connectivity index (χ2v) is 5.15. The van der Waals surface area contributed by atoms with E-state index in [1.165, 1.54) is 5.56 Å². The molecule has 2 N–H and O–H groups in total. The molecule has 1 heterocycles. The van der Waals surface area contributed by atoms with Crippen LogP contribution in [0.5, 0.6) is 0 Å². The quantitative estimate of drug-likeness (QED) is 0.751. The van der Waals surface area contributed by atoms with Crippen molar-refractivity contribution in [3.8, 4) is 0 Å². The van der Waals surface area contributed by atoms with Crippen molar-refractivity contribution in [3.05, 3.63) is 58.3 Å². The summed E-state index contributed by atoms with van der Waals surface area (Å²) in [6.45, 7) is 1.57. The van der Waals surface area contributed by atoms with Crippen molar-refractivity contribution in [1.82, 2.24) is 5.32 Å². The number of benzene rings is 1. The highest BCUT2D eigenvalue weighted by Crippen LogP contribution is 2.14.